The summed E-state index contributed by atoms with van der Waals surface area (Å²) in [5.74, 6) is 2.33. The van der Waals surface area contributed by atoms with Crippen LogP contribution in [-0.4, -0.2) is 20.2 Å². The predicted octanol–water partition coefficient (Wildman–Crippen LogP) is 2.36. The highest BCUT2D eigenvalue weighted by atomic mass is 32.2. The molecule has 0 aromatic heterocycles. The van der Waals surface area contributed by atoms with E-state index in [0.717, 1.165) is 6.42 Å². The lowest BCUT2D eigenvalue weighted by atomic mass is 10.1. The molecule has 0 heterocycles. The van der Waals surface area contributed by atoms with E-state index < -0.39 is 16.1 Å². The maximum atomic E-state index is 12.2. The second-order valence-corrected chi connectivity index (χ2v) is 6.15. The van der Waals surface area contributed by atoms with E-state index in [9.17, 15) is 13.2 Å². The summed E-state index contributed by atoms with van der Waals surface area (Å²) in [6.45, 7) is 3.66. The Kier molecular flexibility index (Phi) is 5.93. The van der Waals surface area contributed by atoms with Gasteiger partial charge in [0.1, 0.15) is 0 Å². The lowest BCUT2D eigenvalue weighted by molar-refractivity contribution is 0.0988. The number of benzene rings is 1. The molecule has 1 rings (SSSR count). The molecule has 1 N–H and O–H groups in total. The van der Waals surface area contributed by atoms with Crippen molar-refractivity contribution in [2.75, 3.05) is 0 Å². The van der Waals surface area contributed by atoms with E-state index in [1.807, 2.05) is 6.92 Å². The smallest absolute Gasteiger partial charge is 0.241 e. The van der Waals surface area contributed by atoms with Crippen LogP contribution in [-0.2, 0) is 10.0 Å². The monoisotopic (exact) mass is 293 g/mol. The van der Waals surface area contributed by atoms with Gasteiger partial charge in [0, 0.05) is 12.0 Å². The molecule has 4 nitrogen and oxygen atoms in total. The summed E-state index contributed by atoms with van der Waals surface area (Å²) >= 11 is 0. The zero-order valence-corrected chi connectivity index (χ0v) is 12.5. The molecule has 1 unspecified atom stereocenters. The summed E-state index contributed by atoms with van der Waals surface area (Å²) in [4.78, 5) is 11.7. The lowest BCUT2D eigenvalue weighted by Gasteiger charge is -2.13. The van der Waals surface area contributed by atoms with Gasteiger partial charge >= 0.3 is 0 Å². The molecule has 0 amide bonds. The first-order chi connectivity index (χ1) is 9.44. The SMILES string of the molecule is C#CC(CCC)NS(=O)(=O)c1cccc(C(=O)CC)c1. The summed E-state index contributed by atoms with van der Waals surface area (Å²) in [6.07, 6.45) is 7.00. The van der Waals surface area contributed by atoms with E-state index in [0.29, 0.717) is 18.4 Å². The maximum absolute atomic E-state index is 12.2. The van der Waals surface area contributed by atoms with Crippen molar-refractivity contribution in [1.82, 2.24) is 4.72 Å². The first kappa shape index (κ1) is 16.4. The van der Waals surface area contributed by atoms with Gasteiger partial charge in [0.25, 0.3) is 0 Å². The first-order valence-electron chi connectivity index (χ1n) is 6.56. The van der Waals surface area contributed by atoms with E-state index >= 15 is 0 Å². The van der Waals surface area contributed by atoms with Gasteiger partial charge in [0.15, 0.2) is 5.78 Å². The van der Waals surface area contributed by atoms with Gasteiger partial charge < -0.3 is 0 Å². The molecule has 0 aliphatic carbocycles. The molecular formula is C15H19NO3S. The van der Waals surface area contributed by atoms with E-state index in [-0.39, 0.29) is 10.7 Å². The summed E-state index contributed by atoms with van der Waals surface area (Å²) in [5.41, 5.74) is 0.392. The average molecular weight is 293 g/mol. The van der Waals surface area contributed by atoms with Gasteiger partial charge in [-0.2, -0.15) is 4.72 Å². The molecule has 1 aromatic carbocycles. The third-order valence-corrected chi connectivity index (χ3v) is 4.33. The molecule has 0 bridgehead atoms. The van der Waals surface area contributed by atoms with Crippen molar-refractivity contribution in [2.24, 2.45) is 0 Å². The molecule has 0 aliphatic heterocycles. The van der Waals surface area contributed by atoms with Crippen molar-refractivity contribution < 1.29 is 13.2 Å². The maximum Gasteiger partial charge on any atom is 0.241 e. The van der Waals surface area contributed by atoms with E-state index in [1.54, 1.807) is 19.1 Å². The minimum absolute atomic E-state index is 0.0631. The Hall–Kier alpha value is -1.64. The van der Waals surface area contributed by atoms with Crippen molar-refractivity contribution in [2.45, 2.75) is 44.0 Å². The van der Waals surface area contributed by atoms with Crippen LogP contribution in [0.15, 0.2) is 29.2 Å². The third kappa shape index (κ3) is 4.19. The number of carbonyl (C=O) groups excluding carboxylic acids is 1. The van der Waals surface area contributed by atoms with E-state index in [1.165, 1.54) is 12.1 Å². The standard InChI is InChI=1S/C15H19NO3S/c1-4-8-13(5-2)16-20(18,19)14-10-7-9-12(11-14)15(17)6-3/h2,7,9-11,13,16H,4,6,8H2,1,3H3. The van der Waals surface area contributed by atoms with Crippen LogP contribution in [0, 0.1) is 12.3 Å². The molecule has 1 aromatic rings. The van der Waals surface area contributed by atoms with Crippen molar-refractivity contribution in [3.63, 3.8) is 0 Å². The van der Waals surface area contributed by atoms with Crippen LogP contribution in [0.3, 0.4) is 0 Å². The Morgan fingerprint density at radius 2 is 2.10 bits per heavy atom. The van der Waals surface area contributed by atoms with E-state index in [4.69, 9.17) is 6.42 Å². The number of nitrogens with one attached hydrogen (secondary N) is 1. The number of terminal acetylenes is 1. The molecule has 0 saturated heterocycles. The van der Waals surface area contributed by atoms with Gasteiger partial charge in [-0.15, -0.1) is 6.42 Å². The Morgan fingerprint density at radius 1 is 1.40 bits per heavy atom. The Bertz CT molecular complexity index is 614. The van der Waals surface area contributed by atoms with Crippen molar-refractivity contribution in [3.8, 4) is 12.3 Å². The molecule has 0 saturated carbocycles. The molecule has 1 atom stereocenters. The summed E-state index contributed by atoms with van der Waals surface area (Å²) in [6, 6.07) is 5.47. The average Bonchev–Trinajstić information content (AvgIpc) is 2.45. The number of carbonyl (C=O) groups is 1. The molecule has 0 spiro atoms. The lowest BCUT2D eigenvalue weighted by Crippen LogP contribution is -2.33. The molecule has 20 heavy (non-hydrogen) atoms. The minimum Gasteiger partial charge on any atom is -0.294 e. The van der Waals surface area contributed by atoms with Gasteiger partial charge in [-0.1, -0.05) is 38.3 Å². The van der Waals surface area contributed by atoms with Crippen LogP contribution < -0.4 is 4.72 Å². The normalized spacial score (nSPS) is 12.7. The van der Waals surface area contributed by atoms with Crippen LogP contribution in [0.25, 0.3) is 0 Å². The molecule has 5 heteroatoms. The zero-order valence-electron chi connectivity index (χ0n) is 11.7. The molecule has 0 fully saturated rings. The largest absolute Gasteiger partial charge is 0.294 e. The van der Waals surface area contributed by atoms with Crippen LogP contribution in [0.2, 0.25) is 0 Å². The Labute approximate surface area is 120 Å². The number of sulfonamides is 1. The van der Waals surface area contributed by atoms with Crippen LogP contribution in [0.5, 0.6) is 0 Å². The second kappa shape index (κ2) is 7.22. The first-order valence-corrected chi connectivity index (χ1v) is 8.04. The molecule has 0 radical (unpaired) electrons. The Morgan fingerprint density at radius 3 is 2.65 bits per heavy atom. The molecule has 0 aliphatic rings. The summed E-state index contributed by atoms with van der Waals surface area (Å²) < 4.78 is 26.9. The molecular weight excluding hydrogens is 274 g/mol. The fourth-order valence-electron chi connectivity index (χ4n) is 1.76. The minimum atomic E-state index is -3.70. The summed E-state index contributed by atoms with van der Waals surface area (Å²) in [7, 11) is -3.70. The fraction of sp³-hybridized carbons (Fsp3) is 0.400. The quantitative estimate of drug-likeness (QED) is 0.620. The number of hydrogen-bond donors (Lipinski definition) is 1. The highest BCUT2D eigenvalue weighted by Gasteiger charge is 2.19. The zero-order chi connectivity index (χ0) is 15.2. The van der Waals surface area contributed by atoms with Gasteiger partial charge in [0.2, 0.25) is 10.0 Å². The number of Topliss-reactive ketones (excluding diaryl/α,β-unsaturated/α-hetero) is 1. The molecule has 108 valence electrons. The number of rotatable bonds is 7. The van der Waals surface area contributed by atoms with Crippen LogP contribution in [0.1, 0.15) is 43.5 Å². The van der Waals surface area contributed by atoms with Crippen LogP contribution in [0.4, 0.5) is 0 Å². The van der Waals surface area contributed by atoms with Gasteiger partial charge in [-0.25, -0.2) is 8.42 Å². The van der Waals surface area contributed by atoms with Gasteiger partial charge in [-0.05, 0) is 18.6 Å². The predicted molar refractivity (Wildman–Crippen MR) is 78.9 cm³/mol. The van der Waals surface area contributed by atoms with Gasteiger partial charge in [0.05, 0.1) is 10.9 Å². The topological polar surface area (TPSA) is 63.2 Å². The van der Waals surface area contributed by atoms with Crippen molar-refractivity contribution >= 4 is 15.8 Å². The summed E-state index contributed by atoms with van der Waals surface area (Å²) in [5, 5.41) is 0. The van der Waals surface area contributed by atoms with Crippen molar-refractivity contribution in [3.05, 3.63) is 29.8 Å². The van der Waals surface area contributed by atoms with E-state index in [2.05, 4.69) is 10.6 Å². The highest BCUT2D eigenvalue weighted by Crippen LogP contribution is 2.14. The van der Waals surface area contributed by atoms with Gasteiger partial charge in [-0.3, -0.25) is 4.79 Å². The van der Waals surface area contributed by atoms with Crippen molar-refractivity contribution in [1.29, 1.82) is 0 Å². The van der Waals surface area contributed by atoms with Crippen LogP contribution >= 0.6 is 0 Å². The fourth-order valence-corrected chi connectivity index (χ4v) is 3.00. The highest BCUT2D eigenvalue weighted by molar-refractivity contribution is 7.89. The third-order valence-electron chi connectivity index (χ3n) is 2.86. The Balaban J connectivity index is 3.04. The number of hydrogen-bond acceptors (Lipinski definition) is 3. The number of ketones is 1. The second-order valence-electron chi connectivity index (χ2n) is 4.43.